The van der Waals surface area contributed by atoms with E-state index in [0.717, 1.165) is 22.2 Å². The van der Waals surface area contributed by atoms with Crippen molar-refractivity contribution in [2.45, 2.75) is 19.4 Å². The van der Waals surface area contributed by atoms with E-state index in [0.29, 0.717) is 6.42 Å². The average Bonchev–Trinajstić information content (AvgIpc) is 2.87. The normalized spacial score (nSPS) is 12.0. The molecule has 2 N–H and O–H groups in total. The van der Waals surface area contributed by atoms with Gasteiger partial charge in [0.1, 0.15) is 11.8 Å². The number of fused-ring (bicyclic) bond motifs is 1. The highest BCUT2D eigenvalue weighted by Crippen LogP contribution is 2.24. The van der Waals surface area contributed by atoms with Crippen LogP contribution in [0.25, 0.3) is 10.9 Å². The van der Waals surface area contributed by atoms with Crippen molar-refractivity contribution < 1.29 is 19.1 Å². The fourth-order valence-electron chi connectivity index (χ4n) is 2.25. The predicted octanol–water partition coefficient (Wildman–Crippen LogP) is 1.40. The molecule has 0 saturated carbocycles. The number of amides is 1. The quantitative estimate of drug-likeness (QED) is 0.816. The van der Waals surface area contributed by atoms with Crippen molar-refractivity contribution in [1.82, 2.24) is 10.3 Å². The van der Waals surface area contributed by atoms with Gasteiger partial charge in [0.25, 0.3) is 0 Å². The molecule has 21 heavy (non-hydrogen) atoms. The number of benzene rings is 1. The first-order valence-corrected chi connectivity index (χ1v) is 6.54. The summed E-state index contributed by atoms with van der Waals surface area (Å²) in [5, 5.41) is 3.56. The Labute approximate surface area is 122 Å². The van der Waals surface area contributed by atoms with Gasteiger partial charge in [-0.3, -0.25) is 4.79 Å². The van der Waals surface area contributed by atoms with E-state index >= 15 is 0 Å². The van der Waals surface area contributed by atoms with Crippen molar-refractivity contribution in [3.8, 4) is 5.75 Å². The lowest BCUT2D eigenvalue weighted by Crippen LogP contribution is -2.41. The van der Waals surface area contributed by atoms with Crippen LogP contribution in [-0.2, 0) is 20.7 Å². The minimum atomic E-state index is -0.710. The number of methoxy groups -OCH3 is 2. The van der Waals surface area contributed by atoms with Crippen LogP contribution in [0.4, 0.5) is 0 Å². The first kappa shape index (κ1) is 14.9. The average molecular weight is 290 g/mol. The minimum Gasteiger partial charge on any atom is -0.497 e. The Bertz CT molecular complexity index is 663. The maximum Gasteiger partial charge on any atom is 0.328 e. The Balaban J connectivity index is 2.31. The zero-order chi connectivity index (χ0) is 15.4. The van der Waals surface area contributed by atoms with E-state index in [1.54, 1.807) is 7.11 Å². The Morgan fingerprint density at radius 1 is 1.33 bits per heavy atom. The van der Waals surface area contributed by atoms with Crippen molar-refractivity contribution in [2.24, 2.45) is 0 Å². The number of hydrogen-bond donors (Lipinski definition) is 2. The summed E-state index contributed by atoms with van der Waals surface area (Å²) in [6, 6.07) is 4.94. The lowest BCUT2D eigenvalue weighted by atomic mass is 10.0. The van der Waals surface area contributed by atoms with Crippen LogP contribution in [0.1, 0.15) is 12.5 Å². The Morgan fingerprint density at radius 2 is 2.10 bits per heavy atom. The summed E-state index contributed by atoms with van der Waals surface area (Å²) in [5.41, 5.74) is 1.85. The third-order valence-corrected chi connectivity index (χ3v) is 3.26. The van der Waals surface area contributed by atoms with Crippen LogP contribution < -0.4 is 10.1 Å². The van der Waals surface area contributed by atoms with Gasteiger partial charge in [-0.1, -0.05) is 0 Å². The van der Waals surface area contributed by atoms with Crippen molar-refractivity contribution >= 4 is 22.8 Å². The summed E-state index contributed by atoms with van der Waals surface area (Å²) in [7, 11) is 2.90. The highest BCUT2D eigenvalue weighted by Gasteiger charge is 2.22. The second kappa shape index (κ2) is 6.30. The zero-order valence-corrected chi connectivity index (χ0v) is 12.2. The molecule has 1 heterocycles. The van der Waals surface area contributed by atoms with Crippen LogP contribution in [0.3, 0.4) is 0 Å². The van der Waals surface area contributed by atoms with E-state index in [-0.39, 0.29) is 5.91 Å². The number of carbonyl (C=O) groups is 2. The molecule has 1 unspecified atom stereocenters. The van der Waals surface area contributed by atoms with E-state index in [9.17, 15) is 9.59 Å². The molecule has 0 aliphatic rings. The summed E-state index contributed by atoms with van der Waals surface area (Å²) in [5.74, 6) is -0.0113. The Kier molecular flexibility index (Phi) is 4.47. The van der Waals surface area contributed by atoms with Gasteiger partial charge in [0, 0.05) is 30.4 Å². The minimum absolute atomic E-state index is 0.275. The van der Waals surface area contributed by atoms with Crippen molar-refractivity contribution in [3.63, 3.8) is 0 Å². The molecule has 0 fully saturated rings. The molecule has 0 aliphatic carbocycles. The van der Waals surface area contributed by atoms with Crippen LogP contribution in [0.15, 0.2) is 24.4 Å². The van der Waals surface area contributed by atoms with Gasteiger partial charge < -0.3 is 19.8 Å². The third-order valence-electron chi connectivity index (χ3n) is 3.26. The monoisotopic (exact) mass is 290 g/mol. The van der Waals surface area contributed by atoms with Gasteiger partial charge in [-0.15, -0.1) is 0 Å². The third kappa shape index (κ3) is 3.34. The van der Waals surface area contributed by atoms with Gasteiger partial charge in [-0.25, -0.2) is 4.79 Å². The SMILES string of the molecule is COC(=O)C(Cc1c[nH]c2ccc(OC)cc12)NC(C)=O. The lowest BCUT2D eigenvalue weighted by Gasteiger charge is -2.15. The molecule has 1 amide bonds. The van der Waals surface area contributed by atoms with Crippen LogP contribution in [0.5, 0.6) is 5.75 Å². The van der Waals surface area contributed by atoms with Crippen LogP contribution in [0, 0.1) is 0 Å². The molecule has 0 bridgehead atoms. The molecular formula is C15H18N2O4. The molecule has 0 saturated heterocycles. The van der Waals surface area contributed by atoms with Crippen molar-refractivity contribution in [1.29, 1.82) is 0 Å². The molecule has 0 aliphatic heterocycles. The molecule has 112 valence electrons. The molecule has 6 heteroatoms. The summed E-state index contributed by atoms with van der Waals surface area (Å²) in [4.78, 5) is 26.1. The van der Waals surface area contributed by atoms with Gasteiger partial charge in [0.05, 0.1) is 14.2 Å². The number of hydrogen-bond acceptors (Lipinski definition) is 4. The number of carbonyl (C=O) groups excluding carboxylic acids is 2. The van der Waals surface area contributed by atoms with E-state index in [4.69, 9.17) is 9.47 Å². The molecule has 2 aromatic rings. The summed E-state index contributed by atoms with van der Waals surface area (Å²) >= 11 is 0. The van der Waals surface area contributed by atoms with Gasteiger partial charge in [0.2, 0.25) is 5.91 Å². The van der Waals surface area contributed by atoms with Crippen molar-refractivity contribution in [3.05, 3.63) is 30.0 Å². The smallest absolute Gasteiger partial charge is 0.328 e. The molecule has 2 rings (SSSR count). The Hall–Kier alpha value is -2.50. The molecule has 1 aromatic carbocycles. The second-order valence-electron chi connectivity index (χ2n) is 4.71. The standard InChI is InChI=1S/C15H18N2O4/c1-9(18)17-14(15(19)21-3)6-10-8-16-13-5-4-11(20-2)7-12(10)13/h4-5,7-8,14,16H,6H2,1-3H3,(H,17,18). The first-order valence-electron chi connectivity index (χ1n) is 6.54. The number of aromatic nitrogens is 1. The molecular weight excluding hydrogens is 272 g/mol. The van der Waals surface area contributed by atoms with E-state index in [1.165, 1.54) is 14.0 Å². The van der Waals surface area contributed by atoms with Crippen LogP contribution >= 0.6 is 0 Å². The van der Waals surface area contributed by atoms with Crippen LogP contribution in [-0.4, -0.2) is 37.1 Å². The van der Waals surface area contributed by atoms with Gasteiger partial charge >= 0.3 is 5.97 Å². The fourth-order valence-corrected chi connectivity index (χ4v) is 2.25. The molecule has 1 atom stereocenters. The summed E-state index contributed by atoms with van der Waals surface area (Å²) in [6.07, 6.45) is 2.17. The number of aromatic amines is 1. The van der Waals surface area contributed by atoms with E-state index < -0.39 is 12.0 Å². The molecule has 6 nitrogen and oxygen atoms in total. The number of H-pyrrole nitrogens is 1. The van der Waals surface area contributed by atoms with Gasteiger partial charge in [0.15, 0.2) is 0 Å². The summed E-state index contributed by atoms with van der Waals surface area (Å²) < 4.78 is 9.94. The topological polar surface area (TPSA) is 80.4 Å². The number of nitrogens with one attached hydrogen (secondary N) is 2. The predicted molar refractivity (Wildman–Crippen MR) is 78.2 cm³/mol. The first-order chi connectivity index (χ1) is 10.0. The largest absolute Gasteiger partial charge is 0.497 e. The van der Waals surface area contributed by atoms with Gasteiger partial charge in [-0.2, -0.15) is 0 Å². The van der Waals surface area contributed by atoms with E-state index in [2.05, 4.69) is 10.3 Å². The maximum atomic E-state index is 11.8. The second-order valence-corrected chi connectivity index (χ2v) is 4.71. The van der Waals surface area contributed by atoms with Crippen LogP contribution in [0.2, 0.25) is 0 Å². The number of ether oxygens (including phenoxy) is 2. The molecule has 0 radical (unpaired) electrons. The van der Waals surface area contributed by atoms with Gasteiger partial charge in [-0.05, 0) is 23.8 Å². The van der Waals surface area contributed by atoms with Crippen molar-refractivity contribution in [2.75, 3.05) is 14.2 Å². The Morgan fingerprint density at radius 3 is 2.71 bits per heavy atom. The fraction of sp³-hybridized carbons (Fsp3) is 0.333. The highest BCUT2D eigenvalue weighted by molar-refractivity contribution is 5.87. The van der Waals surface area contributed by atoms with E-state index in [1.807, 2.05) is 24.4 Å². The molecule has 0 spiro atoms. The number of esters is 1. The summed E-state index contributed by atoms with van der Waals surface area (Å²) in [6.45, 7) is 1.37. The lowest BCUT2D eigenvalue weighted by molar-refractivity contribution is -0.144. The molecule has 1 aromatic heterocycles. The number of rotatable bonds is 5. The highest BCUT2D eigenvalue weighted by atomic mass is 16.5. The zero-order valence-electron chi connectivity index (χ0n) is 12.2. The maximum absolute atomic E-state index is 11.8.